The van der Waals surface area contributed by atoms with Crippen LogP contribution in [0.25, 0.3) is 32.3 Å². The highest BCUT2D eigenvalue weighted by atomic mass is 15.1. The van der Waals surface area contributed by atoms with Crippen LogP contribution in [0, 0.1) is 22.7 Å². The van der Waals surface area contributed by atoms with Crippen molar-refractivity contribution in [2.24, 2.45) is 0 Å². The van der Waals surface area contributed by atoms with E-state index in [1.807, 2.05) is 36.4 Å². The van der Waals surface area contributed by atoms with Crippen molar-refractivity contribution in [3.63, 3.8) is 0 Å². The first kappa shape index (κ1) is 24.9. The van der Waals surface area contributed by atoms with Gasteiger partial charge in [-0.15, -0.1) is 0 Å². The van der Waals surface area contributed by atoms with Crippen molar-refractivity contribution < 1.29 is 0 Å². The highest BCUT2D eigenvalue weighted by molar-refractivity contribution is 6.28. The van der Waals surface area contributed by atoms with Gasteiger partial charge in [-0.1, -0.05) is 60.7 Å². The number of fused-ring (bicyclic) bond motifs is 1. The molecule has 1 heterocycles. The van der Waals surface area contributed by atoms with E-state index in [4.69, 9.17) is 0 Å². The third-order valence-corrected chi connectivity index (χ3v) is 8.73. The van der Waals surface area contributed by atoms with Gasteiger partial charge < -0.3 is 9.80 Å². The number of anilines is 5. The molecule has 0 amide bonds. The Morgan fingerprint density at radius 3 is 2.07 bits per heavy atom. The summed E-state index contributed by atoms with van der Waals surface area (Å²) in [6.07, 6.45) is 2.03. The molecule has 0 aromatic heterocycles. The van der Waals surface area contributed by atoms with Crippen LogP contribution >= 0.6 is 0 Å². The average molecular weight is 551 g/mol. The molecule has 0 spiro atoms. The van der Waals surface area contributed by atoms with Crippen molar-refractivity contribution in [1.82, 2.24) is 0 Å². The van der Waals surface area contributed by atoms with Crippen molar-refractivity contribution in [3.05, 3.63) is 138 Å². The summed E-state index contributed by atoms with van der Waals surface area (Å²) in [6, 6.07) is 46.7. The maximum Gasteiger partial charge on any atom is 0.0992 e. The van der Waals surface area contributed by atoms with Gasteiger partial charge in [0.15, 0.2) is 0 Å². The molecule has 8 rings (SSSR count). The Morgan fingerprint density at radius 1 is 0.581 bits per heavy atom. The van der Waals surface area contributed by atoms with E-state index < -0.39 is 0 Å². The molecule has 1 aliphatic rings. The molecule has 4 nitrogen and oxygen atoms in total. The highest BCUT2D eigenvalue weighted by Gasteiger charge is 2.23. The minimum atomic E-state index is 0.629. The van der Waals surface area contributed by atoms with Crippen LogP contribution in [0.5, 0.6) is 0 Å². The predicted octanol–water partition coefficient (Wildman–Crippen LogP) is 9.88. The molecule has 4 heteroatoms. The molecule has 202 valence electrons. The van der Waals surface area contributed by atoms with Crippen LogP contribution < -0.4 is 9.80 Å². The molecular formula is C39H26N4. The molecular weight excluding hydrogens is 524 g/mol. The first-order valence-electron chi connectivity index (χ1n) is 14.6. The molecule has 0 bridgehead atoms. The molecule has 0 unspecified atom stereocenters. The number of para-hydroxylation sites is 1. The summed E-state index contributed by atoms with van der Waals surface area (Å²) in [5.41, 5.74) is 8.01. The third-order valence-electron chi connectivity index (χ3n) is 8.73. The van der Waals surface area contributed by atoms with Crippen LogP contribution in [-0.4, -0.2) is 6.54 Å². The summed E-state index contributed by atoms with van der Waals surface area (Å²) in [6.45, 7) is 0.936. The molecule has 0 N–H and O–H groups in total. The van der Waals surface area contributed by atoms with Gasteiger partial charge in [-0.25, -0.2) is 0 Å². The lowest BCUT2D eigenvalue weighted by molar-refractivity contribution is 0.768. The van der Waals surface area contributed by atoms with E-state index in [0.29, 0.717) is 11.1 Å². The zero-order valence-corrected chi connectivity index (χ0v) is 23.5. The Morgan fingerprint density at radius 2 is 1.26 bits per heavy atom. The average Bonchev–Trinajstić information content (AvgIpc) is 3.07. The molecule has 0 fully saturated rings. The van der Waals surface area contributed by atoms with Gasteiger partial charge >= 0.3 is 0 Å². The molecule has 0 radical (unpaired) electrons. The fourth-order valence-corrected chi connectivity index (χ4v) is 6.84. The van der Waals surface area contributed by atoms with Crippen LogP contribution in [0.3, 0.4) is 0 Å². The fourth-order valence-electron chi connectivity index (χ4n) is 6.84. The Bertz CT molecular complexity index is 2260. The van der Waals surface area contributed by atoms with Crippen molar-refractivity contribution >= 4 is 60.8 Å². The van der Waals surface area contributed by atoms with E-state index in [2.05, 4.69) is 107 Å². The Kier molecular flexibility index (Phi) is 5.74. The Labute approximate surface area is 250 Å². The number of benzene rings is 7. The Hall–Kier alpha value is -5.84. The van der Waals surface area contributed by atoms with Crippen LogP contribution in [0.1, 0.15) is 23.1 Å². The van der Waals surface area contributed by atoms with Gasteiger partial charge in [-0.05, 0) is 101 Å². The van der Waals surface area contributed by atoms with E-state index in [1.54, 1.807) is 0 Å². The smallest absolute Gasteiger partial charge is 0.0992 e. The topological polar surface area (TPSA) is 54.1 Å². The molecule has 7 aromatic rings. The summed E-state index contributed by atoms with van der Waals surface area (Å²) in [4.78, 5) is 4.68. The summed E-state index contributed by atoms with van der Waals surface area (Å²) in [5.74, 6) is 0. The summed E-state index contributed by atoms with van der Waals surface area (Å²) in [5, 5.41) is 26.4. The summed E-state index contributed by atoms with van der Waals surface area (Å²) in [7, 11) is 0. The highest BCUT2D eigenvalue weighted by Crippen LogP contribution is 2.46. The Balaban J connectivity index is 1.38. The van der Waals surface area contributed by atoms with Gasteiger partial charge in [-0.2, -0.15) is 10.5 Å². The van der Waals surface area contributed by atoms with E-state index in [0.717, 1.165) is 41.8 Å². The number of nitrogens with zero attached hydrogens (tertiary/aromatic N) is 4. The second-order valence-electron chi connectivity index (χ2n) is 11.1. The number of hydrogen-bond donors (Lipinski definition) is 0. The zero-order chi connectivity index (χ0) is 28.9. The monoisotopic (exact) mass is 550 g/mol. The SMILES string of the molecule is N#Cc1cccc(N(c2ccccc2)c2ccc3ccc4c(N5CCCc6cc(C#N)ccc65)ccc5ccc2c3c54)c1. The second kappa shape index (κ2) is 9.91. The number of aryl methyl sites for hydroxylation is 1. The first-order chi connectivity index (χ1) is 21.2. The summed E-state index contributed by atoms with van der Waals surface area (Å²) < 4.78 is 0. The van der Waals surface area contributed by atoms with Gasteiger partial charge in [0.2, 0.25) is 0 Å². The van der Waals surface area contributed by atoms with Crippen molar-refractivity contribution in [2.75, 3.05) is 16.3 Å². The lowest BCUT2D eigenvalue weighted by Crippen LogP contribution is -2.24. The van der Waals surface area contributed by atoms with Gasteiger partial charge in [0.25, 0.3) is 0 Å². The quantitative estimate of drug-likeness (QED) is 0.205. The molecule has 1 aliphatic heterocycles. The van der Waals surface area contributed by atoms with E-state index in [1.165, 1.54) is 43.9 Å². The zero-order valence-electron chi connectivity index (χ0n) is 23.5. The predicted molar refractivity (Wildman–Crippen MR) is 176 cm³/mol. The lowest BCUT2D eigenvalue weighted by atomic mass is 9.91. The fraction of sp³-hybridized carbons (Fsp3) is 0.0769. The number of rotatable bonds is 4. The normalized spacial score (nSPS) is 12.7. The van der Waals surface area contributed by atoms with E-state index in [9.17, 15) is 10.5 Å². The molecule has 43 heavy (non-hydrogen) atoms. The largest absolute Gasteiger partial charge is 0.341 e. The molecule has 0 saturated carbocycles. The van der Waals surface area contributed by atoms with Gasteiger partial charge in [-0.3, -0.25) is 0 Å². The van der Waals surface area contributed by atoms with Gasteiger partial charge in [0, 0.05) is 40.1 Å². The van der Waals surface area contributed by atoms with Crippen LogP contribution in [0.15, 0.2) is 121 Å². The van der Waals surface area contributed by atoms with E-state index >= 15 is 0 Å². The molecule has 0 saturated heterocycles. The van der Waals surface area contributed by atoms with Crippen LogP contribution in [0.2, 0.25) is 0 Å². The second-order valence-corrected chi connectivity index (χ2v) is 11.1. The maximum absolute atomic E-state index is 9.68. The van der Waals surface area contributed by atoms with Crippen LogP contribution in [0.4, 0.5) is 28.4 Å². The number of hydrogen-bond acceptors (Lipinski definition) is 4. The first-order valence-corrected chi connectivity index (χ1v) is 14.6. The lowest BCUT2D eigenvalue weighted by Gasteiger charge is -2.33. The van der Waals surface area contributed by atoms with Crippen molar-refractivity contribution in [3.8, 4) is 12.1 Å². The molecule has 7 aromatic carbocycles. The minimum absolute atomic E-state index is 0.629. The van der Waals surface area contributed by atoms with Crippen LogP contribution in [-0.2, 0) is 6.42 Å². The molecule has 0 atom stereocenters. The molecule has 0 aliphatic carbocycles. The van der Waals surface area contributed by atoms with Gasteiger partial charge in [0.1, 0.15) is 0 Å². The summed E-state index contributed by atoms with van der Waals surface area (Å²) >= 11 is 0. The van der Waals surface area contributed by atoms with Crippen molar-refractivity contribution in [1.29, 1.82) is 10.5 Å². The third kappa shape index (κ3) is 3.96. The van der Waals surface area contributed by atoms with Crippen molar-refractivity contribution in [2.45, 2.75) is 12.8 Å². The number of nitriles is 2. The minimum Gasteiger partial charge on any atom is -0.341 e. The van der Waals surface area contributed by atoms with E-state index in [-0.39, 0.29) is 0 Å². The van der Waals surface area contributed by atoms with Gasteiger partial charge in [0.05, 0.1) is 29.0 Å². The standard InChI is InChI=1S/C39H26N4/c40-24-26-6-4-10-32(23-26)43(31-8-2-1-3-9-31)37-20-15-29-12-16-33-36(19-14-28-13-17-34(37)39(29)38(28)33)42-21-5-7-30-22-27(25-41)11-18-35(30)42/h1-4,6,8-20,22-23H,5,7,21H2. The maximum atomic E-state index is 9.68.